The fourth-order valence-corrected chi connectivity index (χ4v) is 1.90. The van der Waals surface area contributed by atoms with Crippen molar-refractivity contribution in [2.75, 3.05) is 24.2 Å². The normalized spacial score (nSPS) is 22.9. The molecule has 1 saturated carbocycles. The predicted molar refractivity (Wildman–Crippen MR) is 67.8 cm³/mol. The van der Waals surface area contributed by atoms with Crippen molar-refractivity contribution < 1.29 is 4.74 Å². The maximum absolute atomic E-state index is 6.02. The summed E-state index contributed by atoms with van der Waals surface area (Å²) in [4.78, 5) is 0. The van der Waals surface area contributed by atoms with Crippen LogP contribution in [0.4, 0.5) is 11.4 Å². The molecule has 2 unspecified atom stereocenters. The highest BCUT2D eigenvalue weighted by Gasteiger charge is 2.31. The average molecular weight is 220 g/mol. The third-order valence-corrected chi connectivity index (χ3v) is 3.20. The lowest BCUT2D eigenvalue weighted by molar-refractivity contribution is 0.342. The van der Waals surface area contributed by atoms with Gasteiger partial charge < -0.3 is 15.8 Å². The van der Waals surface area contributed by atoms with Gasteiger partial charge in [-0.05, 0) is 37.3 Å². The number of hydrogen-bond donors (Lipinski definition) is 2. The molecule has 0 heterocycles. The van der Waals surface area contributed by atoms with Crippen LogP contribution in [0.1, 0.15) is 20.3 Å². The van der Waals surface area contributed by atoms with E-state index < -0.39 is 0 Å². The molecule has 1 aliphatic carbocycles. The summed E-state index contributed by atoms with van der Waals surface area (Å²) in [5, 5.41) is 3.40. The Labute approximate surface area is 97.0 Å². The number of rotatable bonds is 5. The molecule has 2 atom stereocenters. The number of ether oxygens (including phenoxy) is 1. The van der Waals surface area contributed by atoms with Gasteiger partial charge in [0, 0.05) is 6.54 Å². The molecule has 0 amide bonds. The van der Waals surface area contributed by atoms with E-state index in [4.69, 9.17) is 10.5 Å². The smallest absolute Gasteiger partial charge is 0.144 e. The number of nitrogen functional groups attached to an aromatic ring is 1. The molecule has 2 rings (SSSR count). The second-order valence-corrected chi connectivity index (χ2v) is 4.50. The Kier molecular flexibility index (Phi) is 3.22. The molecule has 1 fully saturated rings. The Morgan fingerprint density at radius 3 is 2.88 bits per heavy atom. The fourth-order valence-electron chi connectivity index (χ4n) is 1.90. The van der Waals surface area contributed by atoms with Crippen LogP contribution in [0.2, 0.25) is 0 Å². The zero-order chi connectivity index (χ0) is 11.5. The molecule has 0 bridgehead atoms. The molecule has 0 radical (unpaired) electrons. The standard InChI is InChI=1S/C13H20N2O/c1-3-16-12-6-4-5-11(13(12)14)15-8-10-7-9(10)2/h4-6,9-10,15H,3,7-8,14H2,1-2H3. The number of para-hydroxylation sites is 1. The van der Waals surface area contributed by atoms with E-state index in [9.17, 15) is 0 Å². The van der Waals surface area contributed by atoms with Gasteiger partial charge in [0.25, 0.3) is 0 Å². The first-order chi connectivity index (χ1) is 7.72. The number of anilines is 2. The zero-order valence-corrected chi connectivity index (χ0v) is 9.99. The molecule has 88 valence electrons. The Morgan fingerprint density at radius 1 is 1.50 bits per heavy atom. The summed E-state index contributed by atoms with van der Waals surface area (Å²) in [5.74, 6) is 2.45. The molecular formula is C13H20N2O. The monoisotopic (exact) mass is 220 g/mol. The van der Waals surface area contributed by atoms with E-state index in [-0.39, 0.29) is 0 Å². The minimum absolute atomic E-state index is 0.646. The first-order valence-corrected chi connectivity index (χ1v) is 5.97. The summed E-state index contributed by atoms with van der Waals surface area (Å²) in [6.07, 6.45) is 1.33. The summed E-state index contributed by atoms with van der Waals surface area (Å²) >= 11 is 0. The van der Waals surface area contributed by atoms with Crippen molar-refractivity contribution in [1.29, 1.82) is 0 Å². The lowest BCUT2D eigenvalue weighted by atomic mass is 10.2. The van der Waals surface area contributed by atoms with Gasteiger partial charge in [0.1, 0.15) is 5.75 Å². The van der Waals surface area contributed by atoms with Crippen LogP contribution in [0.15, 0.2) is 18.2 Å². The number of benzene rings is 1. The first-order valence-electron chi connectivity index (χ1n) is 5.97. The van der Waals surface area contributed by atoms with Crippen LogP contribution in [0.3, 0.4) is 0 Å². The van der Waals surface area contributed by atoms with Crippen molar-refractivity contribution in [3.05, 3.63) is 18.2 Å². The summed E-state index contributed by atoms with van der Waals surface area (Å²) in [6.45, 7) is 5.91. The van der Waals surface area contributed by atoms with Crippen LogP contribution in [-0.4, -0.2) is 13.2 Å². The maximum Gasteiger partial charge on any atom is 0.144 e. The second-order valence-electron chi connectivity index (χ2n) is 4.50. The molecular weight excluding hydrogens is 200 g/mol. The largest absolute Gasteiger partial charge is 0.492 e. The van der Waals surface area contributed by atoms with Crippen LogP contribution in [-0.2, 0) is 0 Å². The lowest BCUT2D eigenvalue weighted by Crippen LogP contribution is -2.07. The zero-order valence-electron chi connectivity index (χ0n) is 9.99. The van der Waals surface area contributed by atoms with Crippen LogP contribution < -0.4 is 15.8 Å². The minimum atomic E-state index is 0.646. The van der Waals surface area contributed by atoms with Crippen LogP contribution in [0.5, 0.6) is 5.75 Å². The van der Waals surface area contributed by atoms with E-state index in [0.29, 0.717) is 6.61 Å². The molecule has 0 spiro atoms. The van der Waals surface area contributed by atoms with Crippen LogP contribution in [0, 0.1) is 11.8 Å². The third-order valence-electron chi connectivity index (χ3n) is 3.20. The van der Waals surface area contributed by atoms with Gasteiger partial charge in [-0.25, -0.2) is 0 Å². The summed E-state index contributed by atoms with van der Waals surface area (Å²) in [7, 11) is 0. The highest BCUT2D eigenvalue weighted by atomic mass is 16.5. The van der Waals surface area contributed by atoms with Gasteiger partial charge in [0.05, 0.1) is 18.0 Å². The molecule has 3 N–H and O–H groups in total. The predicted octanol–water partition coefficient (Wildman–Crippen LogP) is 2.74. The molecule has 16 heavy (non-hydrogen) atoms. The molecule has 0 saturated heterocycles. The van der Waals surface area contributed by atoms with E-state index >= 15 is 0 Å². The van der Waals surface area contributed by atoms with Gasteiger partial charge in [-0.15, -0.1) is 0 Å². The Hall–Kier alpha value is -1.38. The van der Waals surface area contributed by atoms with E-state index in [1.54, 1.807) is 0 Å². The van der Waals surface area contributed by atoms with Crippen molar-refractivity contribution in [2.45, 2.75) is 20.3 Å². The lowest BCUT2D eigenvalue weighted by Gasteiger charge is -2.12. The van der Waals surface area contributed by atoms with Crippen molar-refractivity contribution >= 4 is 11.4 Å². The fraction of sp³-hybridized carbons (Fsp3) is 0.538. The van der Waals surface area contributed by atoms with Crippen molar-refractivity contribution in [3.63, 3.8) is 0 Å². The van der Waals surface area contributed by atoms with Crippen molar-refractivity contribution in [2.24, 2.45) is 11.8 Å². The summed E-state index contributed by atoms with van der Waals surface area (Å²) in [5.41, 5.74) is 7.73. The van der Waals surface area contributed by atoms with E-state index in [1.165, 1.54) is 6.42 Å². The van der Waals surface area contributed by atoms with Crippen molar-refractivity contribution in [3.8, 4) is 5.75 Å². The molecule has 0 aliphatic heterocycles. The molecule has 3 heteroatoms. The first kappa shape index (κ1) is 11.1. The Balaban J connectivity index is 1.99. The van der Waals surface area contributed by atoms with E-state index in [0.717, 1.165) is 35.5 Å². The van der Waals surface area contributed by atoms with Crippen LogP contribution >= 0.6 is 0 Å². The summed E-state index contributed by atoms with van der Waals surface area (Å²) in [6, 6.07) is 5.88. The summed E-state index contributed by atoms with van der Waals surface area (Å²) < 4.78 is 5.46. The molecule has 1 aliphatic rings. The van der Waals surface area contributed by atoms with Crippen LogP contribution in [0.25, 0.3) is 0 Å². The molecule has 3 nitrogen and oxygen atoms in total. The van der Waals surface area contributed by atoms with Gasteiger partial charge in [-0.2, -0.15) is 0 Å². The van der Waals surface area contributed by atoms with Gasteiger partial charge >= 0.3 is 0 Å². The van der Waals surface area contributed by atoms with Crippen molar-refractivity contribution in [1.82, 2.24) is 0 Å². The SMILES string of the molecule is CCOc1cccc(NCC2CC2C)c1N. The maximum atomic E-state index is 6.02. The third kappa shape index (κ3) is 2.40. The minimum Gasteiger partial charge on any atom is -0.492 e. The number of hydrogen-bond acceptors (Lipinski definition) is 3. The second kappa shape index (κ2) is 4.64. The Morgan fingerprint density at radius 2 is 2.25 bits per heavy atom. The Bertz CT molecular complexity index is 365. The van der Waals surface area contributed by atoms with Gasteiger partial charge in [0.15, 0.2) is 0 Å². The van der Waals surface area contributed by atoms with E-state index in [1.807, 2.05) is 25.1 Å². The number of nitrogens with one attached hydrogen (secondary N) is 1. The van der Waals surface area contributed by atoms with Gasteiger partial charge in [-0.1, -0.05) is 13.0 Å². The molecule has 0 aromatic heterocycles. The quantitative estimate of drug-likeness (QED) is 0.750. The average Bonchev–Trinajstić information content (AvgIpc) is 2.96. The topological polar surface area (TPSA) is 47.3 Å². The van der Waals surface area contributed by atoms with Gasteiger partial charge in [-0.3, -0.25) is 0 Å². The molecule has 1 aromatic carbocycles. The highest BCUT2D eigenvalue weighted by Crippen LogP contribution is 2.38. The van der Waals surface area contributed by atoms with Gasteiger partial charge in [0.2, 0.25) is 0 Å². The number of nitrogens with two attached hydrogens (primary N) is 1. The highest BCUT2D eigenvalue weighted by molar-refractivity contribution is 5.72. The van der Waals surface area contributed by atoms with E-state index in [2.05, 4.69) is 12.2 Å². The molecule has 1 aromatic rings.